The van der Waals surface area contributed by atoms with Crippen LogP contribution in [-0.2, 0) is 11.3 Å². The lowest BCUT2D eigenvalue weighted by Gasteiger charge is -2.36. The van der Waals surface area contributed by atoms with Gasteiger partial charge in [-0.05, 0) is 41.0 Å². The van der Waals surface area contributed by atoms with Crippen LogP contribution in [0.15, 0.2) is 79.0 Å². The molecule has 3 aromatic carbocycles. The van der Waals surface area contributed by atoms with E-state index in [9.17, 15) is 9.90 Å². The van der Waals surface area contributed by atoms with Crippen LogP contribution >= 0.6 is 0 Å². The Morgan fingerprint density at radius 2 is 1.81 bits per heavy atom. The van der Waals surface area contributed by atoms with E-state index in [4.69, 9.17) is 4.74 Å². The Hall–Kier alpha value is -3.71. The highest BCUT2D eigenvalue weighted by Crippen LogP contribution is 2.30. The van der Waals surface area contributed by atoms with Crippen molar-refractivity contribution >= 4 is 16.9 Å². The number of ether oxygens (including phenoxy) is 1. The number of para-hydroxylation sites is 1. The second-order valence-corrected chi connectivity index (χ2v) is 8.08. The first kappa shape index (κ1) is 20.2. The molecular weight excluding hydrogens is 404 g/mol. The van der Waals surface area contributed by atoms with Crippen LogP contribution in [0.1, 0.15) is 23.6 Å². The van der Waals surface area contributed by atoms with Gasteiger partial charge in [0.2, 0.25) is 0 Å². The molecule has 0 bridgehead atoms. The van der Waals surface area contributed by atoms with Crippen molar-refractivity contribution in [1.82, 2.24) is 19.9 Å². The fourth-order valence-electron chi connectivity index (χ4n) is 4.28. The van der Waals surface area contributed by atoms with Gasteiger partial charge in [0.1, 0.15) is 0 Å². The first-order valence-corrected chi connectivity index (χ1v) is 10.7. The molecule has 2 heterocycles. The van der Waals surface area contributed by atoms with E-state index in [1.165, 1.54) is 10.3 Å². The molecule has 1 aliphatic rings. The maximum atomic E-state index is 11.6. The number of carboxylic acid groups (broad SMARTS) is 1. The molecule has 4 aromatic rings. The summed E-state index contributed by atoms with van der Waals surface area (Å²) in [5.41, 5.74) is 2.81. The molecule has 162 valence electrons. The number of benzene rings is 3. The molecule has 7 heteroatoms. The number of piperidine rings is 1. The largest absolute Gasteiger partial charge is 0.465 e. The third-order valence-electron chi connectivity index (χ3n) is 6.02. The molecule has 1 saturated heterocycles. The summed E-state index contributed by atoms with van der Waals surface area (Å²) in [6.07, 6.45) is 1.34. The SMILES string of the molecule is O=C(O)N1CC[C@H](c2cn(-c3ccccc3)nn2)[C@@H](OCc2ccc3ccccc3c2)C1. The summed E-state index contributed by atoms with van der Waals surface area (Å²) in [5, 5.41) is 20.5. The normalized spacial score (nSPS) is 18.7. The maximum Gasteiger partial charge on any atom is 0.407 e. The molecule has 0 unspecified atom stereocenters. The molecule has 1 aromatic heterocycles. The van der Waals surface area contributed by atoms with E-state index in [2.05, 4.69) is 40.6 Å². The second-order valence-electron chi connectivity index (χ2n) is 8.08. The Morgan fingerprint density at radius 3 is 2.62 bits per heavy atom. The molecule has 32 heavy (non-hydrogen) atoms. The number of likely N-dealkylation sites (tertiary alicyclic amines) is 1. The summed E-state index contributed by atoms with van der Waals surface area (Å²) in [6, 6.07) is 24.3. The van der Waals surface area contributed by atoms with Crippen molar-refractivity contribution in [3.8, 4) is 5.69 Å². The van der Waals surface area contributed by atoms with Crippen LogP contribution in [0, 0.1) is 0 Å². The molecule has 7 nitrogen and oxygen atoms in total. The third kappa shape index (κ3) is 4.20. The van der Waals surface area contributed by atoms with Crippen molar-refractivity contribution in [2.45, 2.75) is 25.0 Å². The van der Waals surface area contributed by atoms with Gasteiger partial charge in [0.15, 0.2) is 0 Å². The van der Waals surface area contributed by atoms with E-state index < -0.39 is 6.09 Å². The molecule has 0 radical (unpaired) electrons. The summed E-state index contributed by atoms with van der Waals surface area (Å²) in [5.74, 6) is -0.0245. The van der Waals surface area contributed by atoms with Crippen LogP contribution in [-0.4, -0.2) is 50.3 Å². The molecule has 0 aliphatic carbocycles. The van der Waals surface area contributed by atoms with Crippen molar-refractivity contribution in [3.63, 3.8) is 0 Å². The average molecular weight is 428 g/mol. The number of rotatable bonds is 5. The fraction of sp³-hybridized carbons (Fsp3) is 0.240. The van der Waals surface area contributed by atoms with Crippen LogP contribution < -0.4 is 0 Å². The average Bonchev–Trinajstić information content (AvgIpc) is 3.33. The molecule has 1 N–H and O–H groups in total. The van der Waals surface area contributed by atoms with E-state index >= 15 is 0 Å². The molecule has 5 rings (SSSR count). The number of nitrogens with zero attached hydrogens (tertiary/aromatic N) is 4. The van der Waals surface area contributed by atoms with Crippen molar-refractivity contribution in [3.05, 3.63) is 90.3 Å². The number of hydrogen-bond acceptors (Lipinski definition) is 4. The lowest BCUT2D eigenvalue weighted by Crippen LogP contribution is -2.46. The van der Waals surface area contributed by atoms with Crippen molar-refractivity contribution < 1.29 is 14.6 Å². The topological polar surface area (TPSA) is 80.5 Å². The molecule has 1 fully saturated rings. The minimum atomic E-state index is -0.921. The lowest BCUT2D eigenvalue weighted by molar-refractivity contribution is -0.0207. The van der Waals surface area contributed by atoms with Gasteiger partial charge in [-0.1, -0.05) is 59.8 Å². The smallest absolute Gasteiger partial charge is 0.407 e. The maximum absolute atomic E-state index is 11.6. The molecule has 0 spiro atoms. The Kier molecular flexibility index (Phi) is 5.56. The van der Waals surface area contributed by atoms with Crippen molar-refractivity contribution in [2.75, 3.05) is 13.1 Å². The van der Waals surface area contributed by atoms with Crippen LogP contribution in [0.4, 0.5) is 4.79 Å². The van der Waals surface area contributed by atoms with E-state index in [1.54, 1.807) is 4.68 Å². The van der Waals surface area contributed by atoms with Gasteiger partial charge in [0.05, 0.1) is 36.8 Å². The lowest BCUT2D eigenvalue weighted by atomic mass is 9.91. The zero-order valence-corrected chi connectivity index (χ0v) is 17.5. The fourth-order valence-corrected chi connectivity index (χ4v) is 4.28. The number of amides is 1. The molecule has 1 amide bonds. The van der Waals surface area contributed by atoms with Crippen molar-refractivity contribution in [2.24, 2.45) is 0 Å². The van der Waals surface area contributed by atoms with Gasteiger partial charge in [0, 0.05) is 12.5 Å². The first-order valence-electron chi connectivity index (χ1n) is 10.7. The summed E-state index contributed by atoms with van der Waals surface area (Å²) < 4.78 is 8.05. The molecule has 1 aliphatic heterocycles. The van der Waals surface area contributed by atoms with Gasteiger partial charge < -0.3 is 14.7 Å². The Morgan fingerprint density at radius 1 is 1.03 bits per heavy atom. The first-order chi connectivity index (χ1) is 15.7. The molecule has 0 saturated carbocycles. The quantitative estimate of drug-likeness (QED) is 0.507. The third-order valence-corrected chi connectivity index (χ3v) is 6.02. The minimum Gasteiger partial charge on any atom is -0.465 e. The monoisotopic (exact) mass is 428 g/mol. The van der Waals surface area contributed by atoms with Gasteiger partial charge in [-0.25, -0.2) is 9.48 Å². The zero-order chi connectivity index (χ0) is 21.9. The molecule has 2 atom stereocenters. The zero-order valence-electron chi connectivity index (χ0n) is 17.5. The number of hydrogen-bond donors (Lipinski definition) is 1. The van der Waals surface area contributed by atoms with E-state index in [-0.39, 0.29) is 12.0 Å². The minimum absolute atomic E-state index is 0.0245. The van der Waals surface area contributed by atoms with Gasteiger partial charge in [-0.2, -0.15) is 0 Å². The summed E-state index contributed by atoms with van der Waals surface area (Å²) in [7, 11) is 0. The number of fused-ring (bicyclic) bond motifs is 1. The summed E-state index contributed by atoms with van der Waals surface area (Å²) >= 11 is 0. The predicted octanol–water partition coefficient (Wildman–Crippen LogP) is 4.47. The highest BCUT2D eigenvalue weighted by Gasteiger charge is 2.35. The summed E-state index contributed by atoms with van der Waals surface area (Å²) in [6.45, 7) is 1.17. The van der Waals surface area contributed by atoms with Gasteiger partial charge in [0.25, 0.3) is 0 Å². The number of carbonyl (C=O) groups is 1. The Bertz CT molecular complexity index is 1220. The van der Waals surface area contributed by atoms with E-state index in [0.29, 0.717) is 26.1 Å². The van der Waals surface area contributed by atoms with E-state index in [0.717, 1.165) is 22.3 Å². The summed E-state index contributed by atoms with van der Waals surface area (Å²) in [4.78, 5) is 13.0. The van der Waals surface area contributed by atoms with Gasteiger partial charge in [-0.15, -0.1) is 5.10 Å². The number of aromatic nitrogens is 3. The standard InChI is InChI=1S/C25H24N4O3/c30-25(31)28-13-12-22(23-15-29(27-26-23)21-8-2-1-3-9-21)24(16-28)32-17-18-10-11-19-6-4-5-7-20(19)14-18/h1-11,14-15,22,24H,12-13,16-17H2,(H,30,31)/t22-,24+/m1/s1. The van der Waals surface area contributed by atoms with Crippen LogP contribution in [0.5, 0.6) is 0 Å². The van der Waals surface area contributed by atoms with Crippen molar-refractivity contribution in [1.29, 1.82) is 0 Å². The predicted molar refractivity (Wildman–Crippen MR) is 121 cm³/mol. The van der Waals surface area contributed by atoms with Crippen LogP contribution in [0.2, 0.25) is 0 Å². The van der Waals surface area contributed by atoms with Gasteiger partial charge in [-0.3, -0.25) is 0 Å². The highest BCUT2D eigenvalue weighted by molar-refractivity contribution is 5.82. The Balaban J connectivity index is 1.36. The van der Waals surface area contributed by atoms with E-state index in [1.807, 2.05) is 48.7 Å². The van der Waals surface area contributed by atoms with Gasteiger partial charge >= 0.3 is 6.09 Å². The van der Waals surface area contributed by atoms with Crippen LogP contribution in [0.3, 0.4) is 0 Å². The highest BCUT2D eigenvalue weighted by atomic mass is 16.5. The molecular formula is C25H24N4O3. The second kappa shape index (κ2) is 8.80. The Labute approximate surface area is 185 Å². The van der Waals surface area contributed by atoms with Crippen LogP contribution in [0.25, 0.3) is 16.5 Å².